The van der Waals surface area contributed by atoms with Gasteiger partial charge >= 0.3 is 12.1 Å². The lowest BCUT2D eigenvalue weighted by Gasteiger charge is -2.32. The maximum absolute atomic E-state index is 13.7. The number of hydrogen-bond acceptors (Lipinski definition) is 13. The molecule has 4 saturated heterocycles. The van der Waals surface area contributed by atoms with Gasteiger partial charge in [-0.25, -0.2) is 4.79 Å². The Bertz CT molecular complexity index is 1180. The number of hydrogen-bond donors (Lipinski definition) is 2. The number of alkyl carbamates (subject to hydrolysis) is 1. The topological polar surface area (TPSA) is 183 Å². The van der Waals surface area contributed by atoms with Gasteiger partial charge in [-0.3, -0.25) is 19.2 Å². The molecular weight excluding hydrogens is 596 g/mol. The van der Waals surface area contributed by atoms with Gasteiger partial charge in [0.25, 0.3) is 0 Å². The second kappa shape index (κ2) is 12.8. The molecular formula is C30H46N2O13. The lowest BCUT2D eigenvalue weighted by atomic mass is 9.87. The molecule has 15 nitrogen and oxygen atoms in total. The molecule has 4 aliphatic heterocycles. The van der Waals surface area contributed by atoms with Crippen LogP contribution in [0.5, 0.6) is 0 Å². The molecule has 4 fully saturated rings. The van der Waals surface area contributed by atoms with Crippen LogP contribution >= 0.6 is 0 Å². The molecule has 0 aromatic carbocycles. The van der Waals surface area contributed by atoms with Crippen LogP contribution < -0.4 is 10.6 Å². The largest absolute Gasteiger partial charge is 0.469 e. The van der Waals surface area contributed by atoms with Crippen molar-refractivity contribution in [3.05, 3.63) is 0 Å². The van der Waals surface area contributed by atoms with E-state index >= 15 is 0 Å². The van der Waals surface area contributed by atoms with Gasteiger partial charge in [0.2, 0.25) is 5.91 Å². The molecule has 10 atom stereocenters. The molecule has 0 saturated carbocycles. The first kappa shape index (κ1) is 35.2. The molecule has 0 bridgehead atoms. The van der Waals surface area contributed by atoms with Gasteiger partial charge in [0.15, 0.2) is 24.2 Å². The molecule has 4 heterocycles. The molecule has 0 radical (unpaired) electrons. The summed E-state index contributed by atoms with van der Waals surface area (Å²) in [5.41, 5.74) is -0.857. The molecule has 254 valence electrons. The Morgan fingerprint density at radius 3 is 1.58 bits per heavy atom. The summed E-state index contributed by atoms with van der Waals surface area (Å²) in [5, 5.41) is 5.46. The van der Waals surface area contributed by atoms with E-state index in [1.54, 1.807) is 48.5 Å². The van der Waals surface area contributed by atoms with Crippen molar-refractivity contribution in [2.45, 2.75) is 141 Å². The Balaban J connectivity index is 1.58. The zero-order chi connectivity index (χ0) is 33.6. The molecule has 0 spiro atoms. The van der Waals surface area contributed by atoms with E-state index in [2.05, 4.69) is 10.6 Å². The van der Waals surface area contributed by atoms with Crippen LogP contribution in [0, 0.1) is 11.8 Å². The molecule has 2 unspecified atom stereocenters. The SMILES string of the molecule is COC(=O)CC(NC(=O)CC(NC(=O)OC(C)(C)C)[C@H]1O[C@@H]2OC(C)(C)O[C@@H]2[C@H]1C(C)=O)[C@H]1O[C@@H]2OC(C)(C)O[C@@H]2[C@H]1C(C)=O. The third-order valence-corrected chi connectivity index (χ3v) is 7.97. The van der Waals surface area contributed by atoms with Crippen LogP contribution in [0.4, 0.5) is 4.79 Å². The summed E-state index contributed by atoms with van der Waals surface area (Å²) in [6.45, 7) is 14.6. The zero-order valence-corrected chi connectivity index (χ0v) is 27.5. The highest BCUT2D eigenvalue weighted by Gasteiger charge is 2.60. The van der Waals surface area contributed by atoms with Crippen molar-refractivity contribution in [3.8, 4) is 0 Å². The average molecular weight is 643 g/mol. The van der Waals surface area contributed by atoms with Gasteiger partial charge in [0.05, 0.1) is 49.7 Å². The van der Waals surface area contributed by atoms with E-state index in [4.69, 9.17) is 37.9 Å². The molecule has 0 aliphatic carbocycles. The standard InChI is InChI=1S/C30H46N2O13/c1-13(33)19-21(39-25-23(19)41-29(6,7)43-25)15(32-27(37)45-28(3,4)5)11-17(35)31-16(12-18(36)38-10)22-20(14(2)34)24-26(40-22)44-30(8,9)42-24/h15-16,19-26H,11-12H2,1-10H3,(H,31,35)(H,32,37)/t15?,16?,19-,20-,21+,22+,23+,24+,25+,26+/m0/s1. The molecule has 4 aliphatic rings. The van der Waals surface area contributed by atoms with Gasteiger partial charge < -0.3 is 48.5 Å². The molecule has 4 rings (SSSR count). The van der Waals surface area contributed by atoms with Gasteiger partial charge in [-0.15, -0.1) is 0 Å². The van der Waals surface area contributed by atoms with Gasteiger partial charge in [-0.1, -0.05) is 0 Å². The fraction of sp³-hybridized carbons (Fsp3) is 0.833. The number of amides is 2. The summed E-state index contributed by atoms with van der Waals surface area (Å²) in [4.78, 5) is 64.7. The lowest BCUT2D eigenvalue weighted by molar-refractivity contribution is -0.213. The third kappa shape index (κ3) is 8.19. The monoisotopic (exact) mass is 642 g/mol. The first-order valence-corrected chi connectivity index (χ1v) is 15.1. The van der Waals surface area contributed by atoms with Crippen LogP contribution in [0.2, 0.25) is 0 Å². The number of carbonyl (C=O) groups is 5. The quantitative estimate of drug-likeness (QED) is 0.327. The summed E-state index contributed by atoms with van der Waals surface area (Å²) in [6, 6.07) is -2.13. The minimum atomic E-state index is -1.09. The number of nitrogens with one attached hydrogen (secondary N) is 2. The van der Waals surface area contributed by atoms with Crippen LogP contribution in [0.1, 0.15) is 75.2 Å². The van der Waals surface area contributed by atoms with Gasteiger partial charge in [-0.2, -0.15) is 0 Å². The predicted octanol–water partition coefficient (Wildman–Crippen LogP) is 1.48. The van der Waals surface area contributed by atoms with E-state index in [0.717, 1.165) is 0 Å². The Hall–Kier alpha value is -2.69. The van der Waals surface area contributed by atoms with E-state index < -0.39 is 102 Å². The van der Waals surface area contributed by atoms with Crippen molar-refractivity contribution in [2.75, 3.05) is 7.11 Å². The van der Waals surface area contributed by atoms with Crippen LogP contribution in [0.25, 0.3) is 0 Å². The fourth-order valence-corrected chi connectivity index (χ4v) is 6.37. The van der Waals surface area contributed by atoms with Gasteiger partial charge in [-0.05, 0) is 62.3 Å². The number of ether oxygens (including phenoxy) is 8. The summed E-state index contributed by atoms with van der Waals surface area (Å²) in [5.74, 6) is -5.60. The average Bonchev–Trinajstić information content (AvgIpc) is 3.55. The van der Waals surface area contributed by atoms with E-state index in [1.807, 2.05) is 0 Å². The van der Waals surface area contributed by atoms with E-state index in [0.29, 0.717) is 0 Å². The van der Waals surface area contributed by atoms with E-state index in [-0.39, 0.29) is 18.0 Å². The van der Waals surface area contributed by atoms with E-state index in [9.17, 15) is 24.0 Å². The normalized spacial score (nSPS) is 34.3. The number of Topliss-reactive ketones (excluding diaryl/α,β-unsaturated/α-hetero) is 2. The molecule has 45 heavy (non-hydrogen) atoms. The predicted molar refractivity (Wildman–Crippen MR) is 152 cm³/mol. The highest BCUT2D eigenvalue weighted by molar-refractivity contribution is 5.83. The van der Waals surface area contributed by atoms with Crippen LogP contribution in [-0.2, 0) is 57.1 Å². The van der Waals surface area contributed by atoms with Gasteiger partial charge in [0.1, 0.15) is 29.4 Å². The molecule has 0 aromatic heterocycles. The minimum absolute atomic E-state index is 0.277. The van der Waals surface area contributed by atoms with Crippen molar-refractivity contribution < 1.29 is 61.9 Å². The first-order chi connectivity index (χ1) is 20.7. The summed E-state index contributed by atoms with van der Waals surface area (Å²) >= 11 is 0. The summed E-state index contributed by atoms with van der Waals surface area (Å²) in [6.07, 6.45) is -6.93. The summed E-state index contributed by atoms with van der Waals surface area (Å²) in [7, 11) is 1.20. The van der Waals surface area contributed by atoms with Crippen molar-refractivity contribution in [1.29, 1.82) is 0 Å². The number of methoxy groups -OCH3 is 1. The smallest absolute Gasteiger partial charge is 0.407 e. The second-order valence-corrected chi connectivity index (χ2v) is 13.8. The Kier molecular flexibility index (Phi) is 10.0. The first-order valence-electron chi connectivity index (χ1n) is 15.1. The minimum Gasteiger partial charge on any atom is -0.469 e. The highest BCUT2D eigenvalue weighted by Crippen LogP contribution is 2.44. The number of carbonyl (C=O) groups excluding carboxylic acids is 5. The lowest BCUT2D eigenvalue weighted by Crippen LogP contribution is -2.54. The highest BCUT2D eigenvalue weighted by atomic mass is 16.8. The van der Waals surface area contributed by atoms with Gasteiger partial charge in [0, 0.05) is 6.42 Å². The Morgan fingerprint density at radius 1 is 0.733 bits per heavy atom. The molecule has 0 aromatic rings. The summed E-state index contributed by atoms with van der Waals surface area (Å²) < 4.78 is 46.0. The molecule has 2 N–H and O–H groups in total. The molecule has 2 amide bonds. The van der Waals surface area contributed by atoms with Crippen LogP contribution in [0.3, 0.4) is 0 Å². The zero-order valence-electron chi connectivity index (χ0n) is 27.5. The number of rotatable bonds is 10. The maximum Gasteiger partial charge on any atom is 0.407 e. The molecule has 15 heteroatoms. The van der Waals surface area contributed by atoms with Crippen LogP contribution in [-0.4, -0.2) is 103 Å². The maximum atomic E-state index is 13.7. The second-order valence-electron chi connectivity index (χ2n) is 13.8. The van der Waals surface area contributed by atoms with E-state index in [1.165, 1.54) is 21.0 Å². The Morgan fingerprint density at radius 2 is 1.18 bits per heavy atom. The number of fused-ring (bicyclic) bond motifs is 2. The number of esters is 1. The fourth-order valence-electron chi connectivity index (χ4n) is 6.37. The third-order valence-electron chi connectivity index (χ3n) is 7.97. The van der Waals surface area contributed by atoms with Crippen molar-refractivity contribution >= 4 is 29.5 Å². The van der Waals surface area contributed by atoms with Crippen molar-refractivity contribution in [3.63, 3.8) is 0 Å². The Labute approximate surface area is 262 Å². The van der Waals surface area contributed by atoms with Crippen LogP contribution in [0.15, 0.2) is 0 Å². The number of ketones is 2. The van der Waals surface area contributed by atoms with Crippen molar-refractivity contribution in [1.82, 2.24) is 10.6 Å². The van der Waals surface area contributed by atoms with Crippen molar-refractivity contribution in [2.24, 2.45) is 11.8 Å².